The van der Waals surface area contributed by atoms with Gasteiger partial charge in [0.2, 0.25) is 5.91 Å². The van der Waals surface area contributed by atoms with E-state index in [-0.39, 0.29) is 0 Å². The lowest BCUT2D eigenvalue weighted by Crippen LogP contribution is -2.38. The first kappa shape index (κ1) is 20.9. The Hall–Kier alpha value is -3.02. The molecule has 0 N–H and O–H groups in total. The van der Waals surface area contributed by atoms with Crippen molar-refractivity contribution in [3.8, 4) is 17.2 Å². The molecule has 1 amide bonds. The predicted molar refractivity (Wildman–Crippen MR) is 125 cm³/mol. The molecule has 0 aromatic heterocycles. The highest BCUT2D eigenvalue weighted by atomic mass is 16.5. The summed E-state index contributed by atoms with van der Waals surface area (Å²) in [5.74, 6) is 4.08. The van der Waals surface area contributed by atoms with E-state index in [2.05, 4.69) is 9.80 Å². The van der Waals surface area contributed by atoms with Crippen LogP contribution in [0.3, 0.4) is 0 Å². The number of amides is 1. The highest BCUT2D eigenvalue weighted by molar-refractivity contribution is 6.04. The van der Waals surface area contributed by atoms with Gasteiger partial charge in [0, 0.05) is 32.6 Å². The van der Waals surface area contributed by atoms with Crippen LogP contribution in [0.25, 0.3) is 0 Å². The number of hydrogen-bond acceptors (Lipinski definition) is 5. The molecule has 2 heterocycles. The molecule has 0 unspecified atom stereocenters. The van der Waals surface area contributed by atoms with Crippen LogP contribution in [-0.2, 0) is 4.79 Å². The second kappa shape index (κ2) is 9.23. The zero-order chi connectivity index (χ0) is 21.9. The number of carbonyl (C=O) groups excluding carboxylic acids is 1. The predicted octanol–water partition coefficient (Wildman–Crippen LogP) is 4.99. The molecule has 3 aliphatic rings. The van der Waals surface area contributed by atoms with Crippen molar-refractivity contribution in [2.75, 3.05) is 33.3 Å². The lowest BCUT2D eigenvalue weighted by molar-refractivity contribution is -0.132. The monoisotopic (exact) mass is 433 g/mol. The molecule has 1 aliphatic carbocycles. The number of amidine groups is 1. The summed E-state index contributed by atoms with van der Waals surface area (Å²) >= 11 is 0. The summed E-state index contributed by atoms with van der Waals surface area (Å²) in [6.45, 7) is 3.15. The summed E-state index contributed by atoms with van der Waals surface area (Å²) in [5.41, 5.74) is 1.74. The number of aliphatic imine (C=N–C) groups is 1. The SMILES string of the molecule is COc1ccc2c(c1)C(N1CCCN(C(=O)CC3CCCC3)CC1)=Nc1ccccc1O2. The average Bonchev–Trinajstić information content (AvgIpc) is 3.12. The van der Waals surface area contributed by atoms with Gasteiger partial charge in [-0.15, -0.1) is 0 Å². The number of rotatable bonds is 3. The Labute approximate surface area is 189 Å². The van der Waals surface area contributed by atoms with Crippen molar-refractivity contribution < 1.29 is 14.3 Å². The van der Waals surface area contributed by atoms with Gasteiger partial charge in [-0.05, 0) is 55.5 Å². The van der Waals surface area contributed by atoms with Crippen molar-refractivity contribution >= 4 is 17.4 Å². The topological polar surface area (TPSA) is 54.4 Å². The van der Waals surface area contributed by atoms with Crippen LogP contribution < -0.4 is 9.47 Å². The largest absolute Gasteiger partial charge is 0.497 e. The second-order valence-electron chi connectivity index (χ2n) is 8.94. The number of methoxy groups -OCH3 is 1. The molecule has 0 radical (unpaired) electrons. The van der Waals surface area contributed by atoms with Gasteiger partial charge in [-0.1, -0.05) is 25.0 Å². The van der Waals surface area contributed by atoms with Crippen LogP contribution in [-0.4, -0.2) is 54.8 Å². The molecule has 2 aliphatic heterocycles. The van der Waals surface area contributed by atoms with Crippen LogP contribution >= 0.6 is 0 Å². The van der Waals surface area contributed by atoms with E-state index in [0.29, 0.717) is 18.2 Å². The number of nitrogens with zero attached hydrogens (tertiary/aromatic N) is 3. The van der Waals surface area contributed by atoms with E-state index in [1.165, 1.54) is 25.7 Å². The highest BCUT2D eigenvalue weighted by Crippen LogP contribution is 2.39. The molecule has 0 spiro atoms. The fourth-order valence-corrected chi connectivity index (χ4v) is 5.04. The second-order valence-corrected chi connectivity index (χ2v) is 8.94. The molecule has 1 saturated carbocycles. The molecular formula is C26H31N3O3. The summed E-state index contributed by atoms with van der Waals surface area (Å²) in [4.78, 5) is 22.3. The van der Waals surface area contributed by atoms with Crippen LogP contribution in [0, 0.1) is 5.92 Å². The quantitative estimate of drug-likeness (QED) is 0.684. The number of hydrogen-bond donors (Lipinski definition) is 0. The van der Waals surface area contributed by atoms with Gasteiger partial charge in [0.05, 0.1) is 12.7 Å². The molecule has 168 valence electrons. The Balaban J connectivity index is 1.40. The van der Waals surface area contributed by atoms with Gasteiger partial charge in [0.1, 0.15) is 23.0 Å². The average molecular weight is 434 g/mol. The van der Waals surface area contributed by atoms with Crippen molar-refractivity contribution in [1.29, 1.82) is 0 Å². The standard InChI is InChI=1S/C26H31N3O3/c1-31-20-11-12-23-21(18-20)26(27-22-9-4-5-10-24(22)32-23)29-14-6-13-28(15-16-29)25(30)17-19-7-2-3-8-19/h4-5,9-12,18-19H,2-3,6-8,13-17H2,1H3. The molecule has 6 heteroatoms. The lowest BCUT2D eigenvalue weighted by atomic mass is 10.0. The maximum absolute atomic E-state index is 12.9. The van der Waals surface area contributed by atoms with E-state index in [9.17, 15) is 4.79 Å². The number of carbonyl (C=O) groups is 1. The summed E-state index contributed by atoms with van der Waals surface area (Å²) in [6, 6.07) is 13.7. The van der Waals surface area contributed by atoms with Crippen LogP contribution in [0.2, 0.25) is 0 Å². The van der Waals surface area contributed by atoms with E-state index < -0.39 is 0 Å². The third-order valence-electron chi connectivity index (χ3n) is 6.83. The minimum atomic E-state index is 0.317. The highest BCUT2D eigenvalue weighted by Gasteiger charge is 2.28. The van der Waals surface area contributed by atoms with E-state index in [0.717, 1.165) is 66.9 Å². The number of ether oxygens (including phenoxy) is 2. The van der Waals surface area contributed by atoms with Gasteiger partial charge in [-0.3, -0.25) is 4.79 Å². The van der Waals surface area contributed by atoms with Crippen molar-refractivity contribution in [1.82, 2.24) is 9.80 Å². The normalized spacial score (nSPS) is 18.7. The smallest absolute Gasteiger partial charge is 0.222 e. The van der Waals surface area contributed by atoms with Gasteiger partial charge >= 0.3 is 0 Å². The minimum Gasteiger partial charge on any atom is -0.497 e. The van der Waals surface area contributed by atoms with Crippen molar-refractivity contribution in [2.24, 2.45) is 10.9 Å². The fourth-order valence-electron chi connectivity index (χ4n) is 5.04. The maximum Gasteiger partial charge on any atom is 0.222 e. The molecule has 2 aromatic rings. The van der Waals surface area contributed by atoms with Gasteiger partial charge in [-0.2, -0.15) is 0 Å². The van der Waals surface area contributed by atoms with E-state index in [1.807, 2.05) is 42.5 Å². The third-order valence-corrected chi connectivity index (χ3v) is 6.83. The van der Waals surface area contributed by atoms with Crippen LogP contribution in [0.5, 0.6) is 17.2 Å². The Bertz CT molecular complexity index is 1010. The Kier molecular flexibility index (Phi) is 6.02. The first-order valence-electron chi connectivity index (χ1n) is 11.8. The Morgan fingerprint density at radius 2 is 1.88 bits per heavy atom. The molecule has 32 heavy (non-hydrogen) atoms. The van der Waals surface area contributed by atoms with Crippen LogP contribution in [0.4, 0.5) is 5.69 Å². The molecular weight excluding hydrogens is 402 g/mol. The lowest BCUT2D eigenvalue weighted by Gasteiger charge is -2.26. The van der Waals surface area contributed by atoms with E-state index in [1.54, 1.807) is 7.11 Å². The van der Waals surface area contributed by atoms with Gasteiger partial charge < -0.3 is 19.3 Å². The molecule has 1 saturated heterocycles. The number of para-hydroxylation sites is 2. The first-order chi connectivity index (χ1) is 15.7. The molecule has 2 aromatic carbocycles. The van der Waals surface area contributed by atoms with E-state index >= 15 is 0 Å². The van der Waals surface area contributed by atoms with Crippen molar-refractivity contribution in [2.45, 2.75) is 38.5 Å². The van der Waals surface area contributed by atoms with Gasteiger partial charge in [-0.25, -0.2) is 4.99 Å². The van der Waals surface area contributed by atoms with Crippen LogP contribution in [0.1, 0.15) is 44.1 Å². The van der Waals surface area contributed by atoms with Crippen LogP contribution in [0.15, 0.2) is 47.5 Å². The molecule has 0 atom stereocenters. The summed E-state index contributed by atoms with van der Waals surface area (Å²) in [7, 11) is 1.67. The Morgan fingerprint density at radius 1 is 1.03 bits per heavy atom. The molecule has 6 nitrogen and oxygen atoms in total. The van der Waals surface area contributed by atoms with Crippen molar-refractivity contribution in [3.63, 3.8) is 0 Å². The van der Waals surface area contributed by atoms with Crippen molar-refractivity contribution in [3.05, 3.63) is 48.0 Å². The Morgan fingerprint density at radius 3 is 2.72 bits per heavy atom. The first-order valence-corrected chi connectivity index (χ1v) is 11.8. The minimum absolute atomic E-state index is 0.317. The zero-order valence-corrected chi connectivity index (χ0v) is 18.8. The number of benzene rings is 2. The molecule has 5 rings (SSSR count). The molecule has 0 bridgehead atoms. The number of fused-ring (bicyclic) bond motifs is 2. The summed E-state index contributed by atoms with van der Waals surface area (Å²) in [6.07, 6.45) is 6.61. The summed E-state index contributed by atoms with van der Waals surface area (Å²) < 4.78 is 11.7. The van der Waals surface area contributed by atoms with E-state index in [4.69, 9.17) is 14.5 Å². The van der Waals surface area contributed by atoms with Gasteiger partial charge in [0.25, 0.3) is 0 Å². The summed E-state index contributed by atoms with van der Waals surface area (Å²) in [5, 5.41) is 0. The fraction of sp³-hybridized carbons (Fsp3) is 0.462. The molecule has 2 fully saturated rings. The zero-order valence-electron chi connectivity index (χ0n) is 18.8. The third kappa shape index (κ3) is 4.31. The van der Waals surface area contributed by atoms with Gasteiger partial charge in [0.15, 0.2) is 5.75 Å². The maximum atomic E-state index is 12.9.